The van der Waals surface area contributed by atoms with Gasteiger partial charge in [0.25, 0.3) is 0 Å². The van der Waals surface area contributed by atoms with E-state index in [0.717, 1.165) is 5.69 Å². The van der Waals surface area contributed by atoms with E-state index in [1.54, 1.807) is 12.5 Å². The van der Waals surface area contributed by atoms with Crippen molar-refractivity contribution in [1.82, 2.24) is 9.97 Å². The molecule has 0 saturated carbocycles. The van der Waals surface area contributed by atoms with Crippen LogP contribution in [0.5, 0.6) is 0 Å². The molecule has 2 nitrogen and oxygen atoms in total. The van der Waals surface area contributed by atoms with Gasteiger partial charge in [0.1, 0.15) is 6.33 Å². The van der Waals surface area contributed by atoms with E-state index in [-0.39, 0.29) is 5.92 Å². The van der Waals surface area contributed by atoms with Crippen LogP contribution in [0.25, 0.3) is 0 Å². The Bertz CT molecular complexity index is 527. The number of aromatic nitrogens is 2. The van der Waals surface area contributed by atoms with Gasteiger partial charge in [0.05, 0.1) is 11.6 Å². The Morgan fingerprint density at radius 1 is 0.684 bits per heavy atom. The van der Waals surface area contributed by atoms with Crippen LogP contribution in [0.3, 0.4) is 0 Å². The first-order valence-corrected chi connectivity index (χ1v) is 6.31. The Morgan fingerprint density at radius 3 is 1.74 bits per heavy atom. The highest BCUT2D eigenvalue weighted by atomic mass is 14.8. The van der Waals surface area contributed by atoms with E-state index in [1.807, 2.05) is 18.2 Å². The molecule has 92 valence electrons. The lowest BCUT2D eigenvalue weighted by atomic mass is 9.88. The highest BCUT2D eigenvalue weighted by Gasteiger charge is 2.16. The zero-order chi connectivity index (χ0) is 12.9. The molecule has 0 bridgehead atoms. The van der Waals surface area contributed by atoms with Crippen LogP contribution in [-0.2, 0) is 0 Å². The van der Waals surface area contributed by atoms with E-state index < -0.39 is 0 Å². The minimum Gasteiger partial charge on any atom is -0.245 e. The first-order chi connectivity index (χ1) is 9.45. The summed E-state index contributed by atoms with van der Waals surface area (Å²) in [5.74, 6) is 0.158. The van der Waals surface area contributed by atoms with E-state index >= 15 is 0 Å². The third-order valence-electron chi connectivity index (χ3n) is 3.17. The molecule has 0 amide bonds. The second-order valence-corrected chi connectivity index (χ2v) is 4.39. The van der Waals surface area contributed by atoms with E-state index in [1.165, 1.54) is 11.1 Å². The van der Waals surface area contributed by atoms with Crippen molar-refractivity contribution in [3.05, 3.63) is 96.1 Å². The summed E-state index contributed by atoms with van der Waals surface area (Å²) in [4.78, 5) is 8.42. The van der Waals surface area contributed by atoms with E-state index in [2.05, 4.69) is 58.5 Å². The summed E-state index contributed by atoms with van der Waals surface area (Å²) in [5, 5.41) is 0. The number of hydrogen-bond acceptors (Lipinski definition) is 2. The van der Waals surface area contributed by atoms with Crippen molar-refractivity contribution < 1.29 is 0 Å². The molecule has 1 heterocycles. The van der Waals surface area contributed by atoms with Crippen molar-refractivity contribution in [1.29, 1.82) is 0 Å². The van der Waals surface area contributed by atoms with Crippen LogP contribution in [0.2, 0.25) is 0 Å². The molecule has 0 aliphatic rings. The minimum atomic E-state index is 0.158. The Balaban J connectivity index is 2.12. The van der Waals surface area contributed by atoms with Crippen LogP contribution < -0.4 is 0 Å². The highest BCUT2D eigenvalue weighted by molar-refractivity contribution is 5.39. The van der Waals surface area contributed by atoms with Gasteiger partial charge in [-0.25, -0.2) is 9.97 Å². The van der Waals surface area contributed by atoms with Gasteiger partial charge in [0.15, 0.2) is 0 Å². The maximum absolute atomic E-state index is 4.42. The zero-order valence-corrected chi connectivity index (χ0v) is 10.5. The van der Waals surface area contributed by atoms with Crippen LogP contribution >= 0.6 is 0 Å². The molecule has 0 fully saturated rings. The number of hydrogen-bond donors (Lipinski definition) is 0. The zero-order valence-electron chi connectivity index (χ0n) is 10.5. The Morgan fingerprint density at radius 2 is 1.26 bits per heavy atom. The second kappa shape index (κ2) is 5.44. The lowest BCUT2D eigenvalue weighted by Gasteiger charge is -2.17. The average molecular weight is 246 g/mol. The lowest BCUT2D eigenvalue weighted by molar-refractivity contribution is 0.902. The summed E-state index contributed by atoms with van der Waals surface area (Å²) >= 11 is 0. The topological polar surface area (TPSA) is 25.8 Å². The molecular formula is C17H14N2. The smallest absolute Gasteiger partial charge is 0.115 e. The van der Waals surface area contributed by atoms with Gasteiger partial charge in [-0.3, -0.25) is 0 Å². The minimum absolute atomic E-state index is 0.158. The van der Waals surface area contributed by atoms with Crippen molar-refractivity contribution >= 4 is 0 Å². The van der Waals surface area contributed by atoms with Gasteiger partial charge in [0, 0.05) is 6.20 Å². The molecule has 0 atom stereocenters. The molecule has 0 saturated heterocycles. The van der Waals surface area contributed by atoms with Crippen LogP contribution in [-0.4, -0.2) is 9.97 Å². The van der Waals surface area contributed by atoms with Crippen LogP contribution in [0, 0.1) is 0 Å². The molecule has 0 aliphatic carbocycles. The van der Waals surface area contributed by atoms with Gasteiger partial charge in [-0.05, 0) is 17.2 Å². The Labute approximate surface area is 112 Å². The summed E-state index contributed by atoms with van der Waals surface area (Å²) in [6, 6.07) is 22.8. The maximum atomic E-state index is 4.42. The molecule has 0 unspecified atom stereocenters. The van der Waals surface area contributed by atoms with Crippen molar-refractivity contribution in [3.8, 4) is 0 Å². The van der Waals surface area contributed by atoms with Gasteiger partial charge in [-0.15, -0.1) is 0 Å². The number of rotatable bonds is 3. The van der Waals surface area contributed by atoms with Gasteiger partial charge in [0.2, 0.25) is 0 Å². The molecular weight excluding hydrogens is 232 g/mol. The van der Waals surface area contributed by atoms with Crippen molar-refractivity contribution in [3.63, 3.8) is 0 Å². The summed E-state index contributed by atoms with van der Waals surface area (Å²) in [6.45, 7) is 0. The number of benzene rings is 2. The van der Waals surface area contributed by atoms with E-state index in [4.69, 9.17) is 0 Å². The fraction of sp³-hybridized carbons (Fsp3) is 0.0588. The number of nitrogens with zero attached hydrogens (tertiary/aromatic N) is 2. The predicted molar refractivity (Wildman–Crippen MR) is 75.9 cm³/mol. The van der Waals surface area contributed by atoms with Gasteiger partial charge < -0.3 is 0 Å². The first-order valence-electron chi connectivity index (χ1n) is 6.31. The largest absolute Gasteiger partial charge is 0.245 e. The standard InChI is InChI=1S/C17H14N2/c1-3-7-14(8-4-1)17(15-9-5-2-6-10-15)16-11-12-18-13-19-16/h1-13,17H. The quantitative estimate of drug-likeness (QED) is 0.705. The molecule has 0 aliphatic heterocycles. The van der Waals surface area contributed by atoms with E-state index in [9.17, 15) is 0 Å². The molecule has 2 aromatic carbocycles. The monoisotopic (exact) mass is 246 g/mol. The third-order valence-corrected chi connectivity index (χ3v) is 3.17. The molecule has 0 spiro atoms. The van der Waals surface area contributed by atoms with Gasteiger partial charge in [-0.1, -0.05) is 60.7 Å². The molecule has 1 aromatic heterocycles. The van der Waals surface area contributed by atoms with Crippen molar-refractivity contribution in [2.24, 2.45) is 0 Å². The normalized spacial score (nSPS) is 10.6. The third kappa shape index (κ3) is 2.52. The summed E-state index contributed by atoms with van der Waals surface area (Å²) in [6.07, 6.45) is 3.40. The molecule has 0 N–H and O–H groups in total. The first kappa shape index (κ1) is 11.6. The molecule has 3 aromatic rings. The summed E-state index contributed by atoms with van der Waals surface area (Å²) in [7, 11) is 0. The lowest BCUT2D eigenvalue weighted by Crippen LogP contribution is -2.05. The summed E-state index contributed by atoms with van der Waals surface area (Å²) < 4.78 is 0. The SMILES string of the molecule is c1ccc(C(c2ccccc2)c2ccncn2)cc1. The highest BCUT2D eigenvalue weighted by Crippen LogP contribution is 2.29. The molecule has 2 heteroatoms. The van der Waals surface area contributed by atoms with Crippen molar-refractivity contribution in [2.45, 2.75) is 5.92 Å². The molecule has 3 rings (SSSR count). The fourth-order valence-electron chi connectivity index (χ4n) is 2.30. The Hall–Kier alpha value is -2.48. The van der Waals surface area contributed by atoms with Crippen molar-refractivity contribution in [2.75, 3.05) is 0 Å². The second-order valence-electron chi connectivity index (χ2n) is 4.39. The maximum Gasteiger partial charge on any atom is 0.115 e. The average Bonchev–Trinajstić information content (AvgIpc) is 2.51. The van der Waals surface area contributed by atoms with Crippen LogP contribution in [0.1, 0.15) is 22.7 Å². The fourth-order valence-corrected chi connectivity index (χ4v) is 2.30. The predicted octanol–water partition coefficient (Wildman–Crippen LogP) is 3.66. The van der Waals surface area contributed by atoms with E-state index in [0.29, 0.717) is 0 Å². The summed E-state index contributed by atoms with van der Waals surface area (Å²) in [5.41, 5.74) is 3.51. The van der Waals surface area contributed by atoms with Crippen LogP contribution in [0.15, 0.2) is 79.3 Å². The van der Waals surface area contributed by atoms with Crippen LogP contribution in [0.4, 0.5) is 0 Å². The molecule has 0 radical (unpaired) electrons. The Kier molecular flexibility index (Phi) is 3.32. The van der Waals surface area contributed by atoms with Gasteiger partial charge >= 0.3 is 0 Å². The molecule has 19 heavy (non-hydrogen) atoms. The van der Waals surface area contributed by atoms with Gasteiger partial charge in [-0.2, -0.15) is 0 Å².